The van der Waals surface area contributed by atoms with Crippen LogP contribution in [-0.2, 0) is 16.0 Å². The number of esters is 1. The number of benzene rings is 1. The summed E-state index contributed by atoms with van der Waals surface area (Å²) in [6.07, 6.45) is 0.266. The molecule has 1 N–H and O–H groups in total. The summed E-state index contributed by atoms with van der Waals surface area (Å²) in [5.41, 5.74) is 1.67. The molecule has 0 aliphatic rings. The van der Waals surface area contributed by atoms with Gasteiger partial charge in [-0.05, 0) is 40.6 Å². The fraction of sp³-hybridized carbons (Fsp3) is 0.143. The summed E-state index contributed by atoms with van der Waals surface area (Å²) >= 11 is 7.54. The van der Waals surface area contributed by atoms with Crippen LogP contribution in [0.1, 0.15) is 15.9 Å². The predicted molar refractivity (Wildman–Crippen MR) is 79.4 cm³/mol. The number of amides is 1. The average molecular weight is 310 g/mol. The van der Waals surface area contributed by atoms with Gasteiger partial charge >= 0.3 is 5.97 Å². The molecule has 1 heterocycles. The second-order valence-electron chi connectivity index (χ2n) is 4.04. The summed E-state index contributed by atoms with van der Waals surface area (Å²) < 4.78 is 4.63. The first kappa shape index (κ1) is 14.6. The molecule has 0 aliphatic heterocycles. The van der Waals surface area contributed by atoms with E-state index in [9.17, 15) is 9.59 Å². The molecule has 1 amide bonds. The van der Waals surface area contributed by atoms with Gasteiger partial charge in [-0.3, -0.25) is 4.79 Å². The Morgan fingerprint density at radius 3 is 2.80 bits per heavy atom. The Bertz CT molecular complexity index is 625. The first-order valence-corrected chi connectivity index (χ1v) is 7.11. The fourth-order valence-electron chi connectivity index (χ4n) is 1.64. The van der Waals surface area contributed by atoms with E-state index >= 15 is 0 Å². The highest BCUT2D eigenvalue weighted by molar-refractivity contribution is 7.08. The van der Waals surface area contributed by atoms with Crippen molar-refractivity contribution in [3.8, 4) is 0 Å². The van der Waals surface area contributed by atoms with Crippen LogP contribution in [0, 0.1) is 0 Å². The molecule has 0 radical (unpaired) electrons. The van der Waals surface area contributed by atoms with Crippen LogP contribution in [0.5, 0.6) is 0 Å². The molecule has 1 aromatic carbocycles. The maximum atomic E-state index is 11.9. The SMILES string of the molecule is COC(=O)c1ccc(Cl)c(NC(=O)Cc2ccsc2)c1. The molecule has 0 fully saturated rings. The Labute approximate surface area is 125 Å². The number of rotatable bonds is 4. The van der Waals surface area contributed by atoms with Crippen molar-refractivity contribution < 1.29 is 14.3 Å². The van der Waals surface area contributed by atoms with Gasteiger partial charge in [0.2, 0.25) is 5.91 Å². The third-order valence-electron chi connectivity index (χ3n) is 2.61. The van der Waals surface area contributed by atoms with E-state index in [2.05, 4.69) is 10.1 Å². The summed E-state index contributed by atoms with van der Waals surface area (Å²) in [7, 11) is 1.30. The number of ether oxygens (including phenoxy) is 1. The summed E-state index contributed by atoms with van der Waals surface area (Å²) in [4.78, 5) is 23.3. The molecular formula is C14H12ClNO3S. The standard InChI is InChI=1S/C14H12ClNO3S/c1-19-14(18)10-2-3-11(15)12(7-10)16-13(17)6-9-4-5-20-8-9/h2-5,7-8H,6H2,1H3,(H,16,17). The van der Waals surface area contributed by atoms with Gasteiger partial charge in [0.1, 0.15) is 0 Å². The monoisotopic (exact) mass is 309 g/mol. The molecule has 6 heteroatoms. The first-order chi connectivity index (χ1) is 9.60. The molecule has 4 nitrogen and oxygen atoms in total. The van der Waals surface area contributed by atoms with Crippen molar-refractivity contribution in [1.29, 1.82) is 0 Å². The normalized spacial score (nSPS) is 10.1. The molecule has 0 atom stereocenters. The van der Waals surface area contributed by atoms with Crippen LogP contribution in [0.4, 0.5) is 5.69 Å². The van der Waals surface area contributed by atoms with Crippen LogP contribution in [-0.4, -0.2) is 19.0 Å². The lowest BCUT2D eigenvalue weighted by atomic mass is 10.2. The molecule has 104 valence electrons. The third-order valence-corrected chi connectivity index (χ3v) is 3.67. The van der Waals surface area contributed by atoms with E-state index in [0.717, 1.165) is 5.56 Å². The maximum Gasteiger partial charge on any atom is 0.337 e. The largest absolute Gasteiger partial charge is 0.465 e. The minimum Gasteiger partial charge on any atom is -0.465 e. The van der Waals surface area contributed by atoms with E-state index in [4.69, 9.17) is 11.6 Å². The van der Waals surface area contributed by atoms with Crippen molar-refractivity contribution in [2.45, 2.75) is 6.42 Å². The number of anilines is 1. The van der Waals surface area contributed by atoms with Gasteiger partial charge in [0, 0.05) is 0 Å². The Hall–Kier alpha value is -1.85. The van der Waals surface area contributed by atoms with Crippen LogP contribution in [0.25, 0.3) is 0 Å². The zero-order chi connectivity index (χ0) is 14.5. The number of carbonyl (C=O) groups is 2. The molecule has 2 aromatic rings. The number of carbonyl (C=O) groups excluding carboxylic acids is 2. The molecule has 0 aliphatic carbocycles. The molecule has 0 spiro atoms. The first-order valence-electron chi connectivity index (χ1n) is 5.79. The number of methoxy groups -OCH3 is 1. The second-order valence-corrected chi connectivity index (χ2v) is 5.23. The highest BCUT2D eigenvalue weighted by Crippen LogP contribution is 2.23. The number of nitrogens with one attached hydrogen (secondary N) is 1. The maximum absolute atomic E-state index is 11.9. The van der Waals surface area contributed by atoms with Gasteiger partial charge in [-0.25, -0.2) is 4.79 Å². The van der Waals surface area contributed by atoms with Crippen LogP contribution >= 0.6 is 22.9 Å². The lowest BCUT2D eigenvalue weighted by molar-refractivity contribution is -0.115. The van der Waals surface area contributed by atoms with Crippen LogP contribution in [0.2, 0.25) is 5.02 Å². The summed E-state index contributed by atoms with van der Waals surface area (Å²) in [6.45, 7) is 0. The van der Waals surface area contributed by atoms with Crippen LogP contribution < -0.4 is 5.32 Å². The number of thiophene rings is 1. The summed E-state index contributed by atoms with van der Waals surface area (Å²) in [6, 6.07) is 6.48. The van der Waals surface area contributed by atoms with E-state index in [1.165, 1.54) is 24.5 Å². The minimum atomic E-state index is -0.477. The van der Waals surface area contributed by atoms with Gasteiger partial charge in [0.15, 0.2) is 0 Å². The Morgan fingerprint density at radius 1 is 1.35 bits per heavy atom. The molecular weight excluding hydrogens is 298 g/mol. The van der Waals surface area contributed by atoms with Crippen molar-refractivity contribution in [2.75, 3.05) is 12.4 Å². The number of hydrogen-bond donors (Lipinski definition) is 1. The summed E-state index contributed by atoms with van der Waals surface area (Å²) in [5.74, 6) is -0.665. The van der Waals surface area contributed by atoms with Gasteiger partial charge < -0.3 is 10.1 Å². The van der Waals surface area contributed by atoms with Gasteiger partial charge in [-0.2, -0.15) is 11.3 Å². The zero-order valence-electron chi connectivity index (χ0n) is 10.7. The van der Waals surface area contributed by atoms with Crippen molar-refractivity contribution in [3.63, 3.8) is 0 Å². The quantitative estimate of drug-likeness (QED) is 0.881. The van der Waals surface area contributed by atoms with Crippen molar-refractivity contribution >= 4 is 40.5 Å². The smallest absolute Gasteiger partial charge is 0.337 e. The molecule has 0 bridgehead atoms. The van der Waals surface area contributed by atoms with E-state index in [1.807, 2.05) is 16.8 Å². The molecule has 1 aromatic heterocycles. The molecule has 20 heavy (non-hydrogen) atoms. The van der Waals surface area contributed by atoms with Gasteiger partial charge in [0.25, 0.3) is 0 Å². The van der Waals surface area contributed by atoms with Crippen molar-refractivity contribution in [3.05, 3.63) is 51.2 Å². The fourth-order valence-corrected chi connectivity index (χ4v) is 2.47. The molecule has 2 rings (SSSR count). The third kappa shape index (κ3) is 3.59. The molecule has 0 saturated carbocycles. The van der Waals surface area contributed by atoms with Gasteiger partial charge in [0.05, 0.1) is 29.8 Å². The average Bonchev–Trinajstić information content (AvgIpc) is 2.93. The number of hydrogen-bond acceptors (Lipinski definition) is 4. The van der Waals surface area contributed by atoms with Crippen molar-refractivity contribution in [1.82, 2.24) is 0 Å². The minimum absolute atomic E-state index is 0.188. The Kier molecular flexibility index (Phi) is 4.76. The second kappa shape index (κ2) is 6.54. The number of halogens is 1. The highest BCUT2D eigenvalue weighted by atomic mass is 35.5. The van der Waals surface area contributed by atoms with E-state index in [0.29, 0.717) is 16.3 Å². The van der Waals surface area contributed by atoms with Gasteiger partial charge in [-0.15, -0.1) is 0 Å². The Balaban J connectivity index is 2.12. The zero-order valence-corrected chi connectivity index (χ0v) is 12.3. The van der Waals surface area contributed by atoms with E-state index < -0.39 is 5.97 Å². The van der Waals surface area contributed by atoms with E-state index in [-0.39, 0.29) is 12.3 Å². The topological polar surface area (TPSA) is 55.4 Å². The molecule has 0 saturated heterocycles. The highest BCUT2D eigenvalue weighted by Gasteiger charge is 2.11. The molecule has 0 unspecified atom stereocenters. The van der Waals surface area contributed by atoms with Gasteiger partial charge in [-0.1, -0.05) is 11.6 Å². The lowest BCUT2D eigenvalue weighted by Gasteiger charge is -2.08. The van der Waals surface area contributed by atoms with Crippen LogP contribution in [0.3, 0.4) is 0 Å². The Morgan fingerprint density at radius 2 is 2.15 bits per heavy atom. The van der Waals surface area contributed by atoms with Crippen LogP contribution in [0.15, 0.2) is 35.0 Å². The summed E-state index contributed by atoms with van der Waals surface area (Å²) in [5, 5.41) is 6.88. The predicted octanol–water partition coefficient (Wildman–Crippen LogP) is 3.37. The van der Waals surface area contributed by atoms with Crippen molar-refractivity contribution in [2.24, 2.45) is 0 Å². The van der Waals surface area contributed by atoms with E-state index in [1.54, 1.807) is 12.1 Å². The lowest BCUT2D eigenvalue weighted by Crippen LogP contribution is -2.15.